The average Bonchev–Trinajstić information content (AvgIpc) is 2.84. The van der Waals surface area contributed by atoms with E-state index in [2.05, 4.69) is 15.3 Å². The van der Waals surface area contributed by atoms with Crippen molar-refractivity contribution in [2.24, 2.45) is 0 Å². The molecule has 8 nitrogen and oxygen atoms in total. The molecular weight excluding hydrogens is 531 g/mol. The molecule has 212 valence electrons. The number of likely N-dealkylation sites (N-methyl/N-ethyl adjacent to an activating group) is 1. The van der Waals surface area contributed by atoms with Crippen LogP contribution in [0.1, 0.15) is 54.2 Å². The van der Waals surface area contributed by atoms with Gasteiger partial charge in [0.2, 0.25) is 12.3 Å². The van der Waals surface area contributed by atoms with Gasteiger partial charge in [-0.2, -0.15) is 4.98 Å². The lowest BCUT2D eigenvalue weighted by Gasteiger charge is -2.25. The summed E-state index contributed by atoms with van der Waals surface area (Å²) >= 11 is 0. The maximum Gasteiger partial charge on any atom is 0.242 e. The minimum absolute atomic E-state index is 0.0457. The normalized spacial score (nSPS) is 16.6. The maximum atomic E-state index is 15.1. The Labute approximate surface area is 226 Å². The molecule has 0 amide bonds. The summed E-state index contributed by atoms with van der Waals surface area (Å²) in [7, 11) is 0.802. The van der Waals surface area contributed by atoms with E-state index in [0.29, 0.717) is 54.5 Å². The van der Waals surface area contributed by atoms with Gasteiger partial charge in [-0.25, -0.2) is 31.6 Å². The first kappa shape index (κ1) is 29.0. The van der Waals surface area contributed by atoms with Gasteiger partial charge in [-0.1, -0.05) is 18.2 Å². The molecule has 1 N–H and O–H groups in total. The number of sulfone groups is 1. The van der Waals surface area contributed by atoms with Crippen LogP contribution < -0.4 is 10.1 Å². The predicted molar refractivity (Wildman–Crippen MR) is 145 cm³/mol. The van der Waals surface area contributed by atoms with Crippen LogP contribution in [0, 0.1) is 12.7 Å². The SMILES string of the molecule is Cc1nc(N[C@H](C)c2cccc(CC(F)F)c2F)c2cc(C3CCS(=O)(=O)CC3)c(OCCN(C)C)nc2n1. The number of nitrogens with one attached hydrogen (secondary N) is 1. The summed E-state index contributed by atoms with van der Waals surface area (Å²) < 4.78 is 71.2. The van der Waals surface area contributed by atoms with Gasteiger partial charge in [-0.3, -0.25) is 0 Å². The van der Waals surface area contributed by atoms with Crippen LogP contribution in [0.15, 0.2) is 24.3 Å². The van der Waals surface area contributed by atoms with Crippen molar-refractivity contribution in [1.29, 1.82) is 0 Å². The molecule has 1 saturated heterocycles. The molecule has 1 aliphatic heterocycles. The number of aryl methyl sites for hydroxylation is 1. The number of alkyl halides is 2. The van der Waals surface area contributed by atoms with Gasteiger partial charge in [0.1, 0.15) is 33.9 Å². The summed E-state index contributed by atoms with van der Waals surface area (Å²) in [6.45, 7) is 4.51. The van der Waals surface area contributed by atoms with Gasteiger partial charge < -0.3 is 15.0 Å². The van der Waals surface area contributed by atoms with Crippen molar-refractivity contribution >= 4 is 26.7 Å². The zero-order chi connectivity index (χ0) is 28.3. The summed E-state index contributed by atoms with van der Waals surface area (Å²) in [6.07, 6.45) is -2.41. The first-order chi connectivity index (χ1) is 18.4. The smallest absolute Gasteiger partial charge is 0.242 e. The molecule has 0 bridgehead atoms. The van der Waals surface area contributed by atoms with Crippen LogP contribution in [0.25, 0.3) is 11.0 Å². The molecule has 0 unspecified atom stereocenters. The van der Waals surface area contributed by atoms with Crippen molar-refractivity contribution in [2.45, 2.75) is 51.5 Å². The van der Waals surface area contributed by atoms with Crippen molar-refractivity contribution in [3.05, 3.63) is 52.6 Å². The third-order valence-electron chi connectivity index (χ3n) is 6.87. The van der Waals surface area contributed by atoms with Crippen LogP contribution in [0.5, 0.6) is 5.88 Å². The zero-order valence-corrected chi connectivity index (χ0v) is 23.4. The van der Waals surface area contributed by atoms with Gasteiger partial charge in [0.05, 0.1) is 22.9 Å². The van der Waals surface area contributed by atoms with Gasteiger partial charge in [0.25, 0.3) is 0 Å². The molecular formula is C27H34F3N5O3S. The monoisotopic (exact) mass is 565 g/mol. The van der Waals surface area contributed by atoms with Crippen molar-refractivity contribution in [3.63, 3.8) is 0 Å². The Morgan fingerprint density at radius 1 is 1.15 bits per heavy atom. The number of pyridine rings is 1. The second-order valence-corrected chi connectivity index (χ2v) is 12.5. The quantitative estimate of drug-likeness (QED) is 0.378. The van der Waals surface area contributed by atoms with Crippen LogP contribution in [0.2, 0.25) is 0 Å². The van der Waals surface area contributed by atoms with Crippen LogP contribution in [0.4, 0.5) is 19.0 Å². The number of hydrogen-bond acceptors (Lipinski definition) is 8. The fourth-order valence-electron chi connectivity index (χ4n) is 4.75. The zero-order valence-electron chi connectivity index (χ0n) is 22.5. The number of halogens is 3. The van der Waals surface area contributed by atoms with Gasteiger partial charge in [0.15, 0.2) is 5.65 Å². The third-order valence-corrected chi connectivity index (χ3v) is 8.58. The molecule has 1 fully saturated rings. The molecule has 1 atom stereocenters. The highest BCUT2D eigenvalue weighted by Crippen LogP contribution is 2.37. The van der Waals surface area contributed by atoms with Crippen LogP contribution in [0.3, 0.4) is 0 Å². The number of nitrogens with zero attached hydrogens (tertiary/aromatic N) is 4. The summed E-state index contributed by atoms with van der Waals surface area (Å²) in [5.41, 5.74) is 1.36. The van der Waals surface area contributed by atoms with Gasteiger partial charge in [-0.05, 0) is 58.3 Å². The number of ether oxygens (including phenoxy) is 1. The first-order valence-corrected chi connectivity index (χ1v) is 14.7. The Morgan fingerprint density at radius 2 is 1.87 bits per heavy atom. The predicted octanol–water partition coefficient (Wildman–Crippen LogP) is 4.69. The van der Waals surface area contributed by atoms with E-state index >= 15 is 4.39 Å². The van der Waals surface area contributed by atoms with Crippen molar-refractivity contribution in [1.82, 2.24) is 19.9 Å². The minimum Gasteiger partial charge on any atom is -0.476 e. The topological polar surface area (TPSA) is 97.3 Å². The van der Waals surface area contributed by atoms with E-state index < -0.39 is 34.5 Å². The van der Waals surface area contributed by atoms with Gasteiger partial charge in [-0.15, -0.1) is 0 Å². The lowest BCUT2D eigenvalue weighted by atomic mass is 9.93. The molecule has 4 rings (SSSR count). The number of rotatable bonds is 10. The fraction of sp³-hybridized carbons (Fsp3) is 0.519. The Hall–Kier alpha value is -2.99. The van der Waals surface area contributed by atoms with E-state index in [1.807, 2.05) is 25.1 Å². The van der Waals surface area contributed by atoms with Crippen LogP contribution >= 0.6 is 0 Å². The fourth-order valence-corrected chi connectivity index (χ4v) is 6.24. The molecule has 39 heavy (non-hydrogen) atoms. The summed E-state index contributed by atoms with van der Waals surface area (Å²) in [5.74, 6) is 0.701. The highest BCUT2D eigenvalue weighted by Gasteiger charge is 2.29. The second kappa shape index (κ2) is 12.0. The molecule has 0 aliphatic carbocycles. The van der Waals surface area contributed by atoms with E-state index in [0.717, 1.165) is 5.56 Å². The number of anilines is 1. The third kappa shape index (κ3) is 7.16. The maximum absolute atomic E-state index is 15.1. The van der Waals surface area contributed by atoms with E-state index in [1.165, 1.54) is 6.07 Å². The molecule has 2 aromatic heterocycles. The molecule has 12 heteroatoms. The standard InChI is InChI=1S/C27H34F3N5O3S/c1-16(20-7-5-6-19(24(20)30)14-23(28)29)31-25-22-15-21(18-8-12-39(36,37)13-9-18)27(38-11-10-35(3)4)34-26(22)33-17(2)32-25/h5-7,15-16,18,23H,8-14H2,1-4H3,(H,31,32,33,34)/t16-/m1/s1. The number of hydrogen-bond donors (Lipinski definition) is 1. The Kier molecular flexibility index (Phi) is 8.95. The molecule has 1 aliphatic rings. The summed E-state index contributed by atoms with van der Waals surface area (Å²) in [4.78, 5) is 15.7. The Balaban J connectivity index is 1.73. The lowest BCUT2D eigenvalue weighted by Crippen LogP contribution is -2.24. The molecule has 1 aromatic carbocycles. The Bertz CT molecular complexity index is 1420. The number of fused-ring (bicyclic) bond motifs is 1. The van der Waals surface area contributed by atoms with Crippen molar-refractivity contribution in [3.8, 4) is 5.88 Å². The van der Waals surface area contributed by atoms with Crippen LogP contribution in [-0.4, -0.2) is 73.4 Å². The number of benzene rings is 1. The van der Waals surface area contributed by atoms with E-state index in [-0.39, 0.29) is 28.6 Å². The van der Waals surface area contributed by atoms with E-state index in [1.54, 1.807) is 26.0 Å². The summed E-state index contributed by atoms with van der Waals surface area (Å²) in [6, 6.07) is 5.76. The highest BCUT2D eigenvalue weighted by atomic mass is 32.2. The van der Waals surface area contributed by atoms with Crippen LogP contribution in [-0.2, 0) is 16.3 Å². The average molecular weight is 566 g/mol. The molecule has 3 aromatic rings. The lowest BCUT2D eigenvalue weighted by molar-refractivity contribution is 0.147. The van der Waals surface area contributed by atoms with E-state index in [9.17, 15) is 17.2 Å². The second-order valence-electron chi connectivity index (χ2n) is 10.2. The molecule has 0 radical (unpaired) electrons. The van der Waals surface area contributed by atoms with Crippen molar-refractivity contribution < 1.29 is 26.3 Å². The molecule has 0 saturated carbocycles. The van der Waals surface area contributed by atoms with Gasteiger partial charge >= 0.3 is 0 Å². The number of aromatic nitrogens is 3. The van der Waals surface area contributed by atoms with Crippen molar-refractivity contribution in [2.75, 3.05) is 44.1 Å². The van der Waals surface area contributed by atoms with Gasteiger partial charge in [0, 0.05) is 24.1 Å². The first-order valence-electron chi connectivity index (χ1n) is 12.9. The largest absolute Gasteiger partial charge is 0.476 e. The molecule has 3 heterocycles. The summed E-state index contributed by atoms with van der Waals surface area (Å²) in [5, 5.41) is 3.81. The molecule has 0 spiro atoms. The minimum atomic E-state index is -3.07. The van der Waals surface area contributed by atoms with E-state index in [4.69, 9.17) is 9.72 Å². The highest BCUT2D eigenvalue weighted by molar-refractivity contribution is 7.91. The Morgan fingerprint density at radius 3 is 2.54 bits per heavy atom.